The normalized spacial score (nSPS) is 11.0. The highest BCUT2D eigenvalue weighted by Crippen LogP contribution is 2.12. The highest BCUT2D eigenvalue weighted by Gasteiger charge is 2.01. The molecule has 20 heavy (non-hydrogen) atoms. The molecule has 0 aromatic heterocycles. The lowest BCUT2D eigenvalue weighted by molar-refractivity contribution is -0.143. The summed E-state index contributed by atoms with van der Waals surface area (Å²) in [6, 6.07) is 0. The van der Waals surface area contributed by atoms with Crippen LogP contribution in [0.3, 0.4) is 0 Å². The first-order chi connectivity index (χ1) is 9.66. The van der Waals surface area contributed by atoms with E-state index in [2.05, 4.69) is 13.8 Å². The summed E-state index contributed by atoms with van der Waals surface area (Å²) in [6.45, 7) is 5.83. The van der Waals surface area contributed by atoms with Gasteiger partial charge in [0, 0.05) is 6.42 Å². The Morgan fingerprint density at radius 2 is 1.50 bits per heavy atom. The minimum atomic E-state index is -0.0628. The standard InChI is InChI=1S/C17H35NO2/c1-16(2)12-8-6-4-3-5-7-11-15-20-17(19)13-9-10-14-18/h16H,3-15,18H2,1-2H3. The molecule has 0 saturated carbocycles. The van der Waals surface area contributed by atoms with Gasteiger partial charge in [-0.1, -0.05) is 58.8 Å². The molecule has 0 aromatic rings. The van der Waals surface area contributed by atoms with E-state index < -0.39 is 0 Å². The summed E-state index contributed by atoms with van der Waals surface area (Å²) in [7, 11) is 0. The molecule has 0 radical (unpaired) electrons. The molecular weight excluding hydrogens is 250 g/mol. The number of ether oxygens (including phenoxy) is 1. The Morgan fingerprint density at radius 1 is 0.900 bits per heavy atom. The molecule has 0 aliphatic carbocycles. The fourth-order valence-corrected chi connectivity index (χ4v) is 2.21. The van der Waals surface area contributed by atoms with Gasteiger partial charge in [0.25, 0.3) is 0 Å². The van der Waals surface area contributed by atoms with E-state index in [4.69, 9.17) is 10.5 Å². The van der Waals surface area contributed by atoms with Crippen molar-refractivity contribution in [2.45, 2.75) is 84.5 Å². The van der Waals surface area contributed by atoms with E-state index in [1.807, 2.05) is 0 Å². The highest BCUT2D eigenvalue weighted by molar-refractivity contribution is 5.69. The van der Waals surface area contributed by atoms with Gasteiger partial charge in [0.1, 0.15) is 0 Å². The Balaban J connectivity index is 3.11. The molecule has 3 nitrogen and oxygen atoms in total. The highest BCUT2D eigenvalue weighted by atomic mass is 16.5. The predicted octanol–water partition coefficient (Wildman–Crippen LogP) is 4.44. The van der Waals surface area contributed by atoms with Crippen LogP contribution in [-0.4, -0.2) is 19.1 Å². The lowest BCUT2D eigenvalue weighted by Crippen LogP contribution is -2.07. The van der Waals surface area contributed by atoms with Crippen LogP contribution in [0.15, 0.2) is 0 Å². The zero-order chi connectivity index (χ0) is 15.1. The van der Waals surface area contributed by atoms with Gasteiger partial charge in [-0.05, 0) is 31.7 Å². The lowest BCUT2D eigenvalue weighted by atomic mass is 10.0. The van der Waals surface area contributed by atoms with E-state index in [-0.39, 0.29) is 5.97 Å². The Hall–Kier alpha value is -0.570. The smallest absolute Gasteiger partial charge is 0.305 e. The molecule has 0 bridgehead atoms. The number of esters is 1. The summed E-state index contributed by atoms with van der Waals surface area (Å²) >= 11 is 0. The van der Waals surface area contributed by atoms with Gasteiger partial charge in [-0.25, -0.2) is 0 Å². The first kappa shape index (κ1) is 19.4. The largest absolute Gasteiger partial charge is 0.466 e. The van der Waals surface area contributed by atoms with Crippen molar-refractivity contribution in [1.82, 2.24) is 0 Å². The van der Waals surface area contributed by atoms with E-state index in [1.54, 1.807) is 0 Å². The van der Waals surface area contributed by atoms with E-state index in [9.17, 15) is 4.79 Å². The summed E-state index contributed by atoms with van der Waals surface area (Å²) < 4.78 is 5.18. The average Bonchev–Trinajstić information content (AvgIpc) is 2.41. The molecule has 0 unspecified atom stereocenters. The zero-order valence-corrected chi connectivity index (χ0v) is 13.7. The molecule has 0 rings (SSSR count). The Labute approximate surface area is 125 Å². The second-order valence-electron chi connectivity index (χ2n) is 6.12. The van der Waals surface area contributed by atoms with Gasteiger partial charge < -0.3 is 10.5 Å². The second-order valence-corrected chi connectivity index (χ2v) is 6.12. The van der Waals surface area contributed by atoms with Crippen LogP contribution >= 0.6 is 0 Å². The van der Waals surface area contributed by atoms with E-state index in [1.165, 1.54) is 44.9 Å². The fraction of sp³-hybridized carbons (Fsp3) is 0.941. The van der Waals surface area contributed by atoms with Gasteiger partial charge >= 0.3 is 5.97 Å². The molecule has 120 valence electrons. The molecule has 0 aliphatic rings. The molecule has 0 heterocycles. The zero-order valence-electron chi connectivity index (χ0n) is 13.7. The predicted molar refractivity (Wildman–Crippen MR) is 85.6 cm³/mol. The first-order valence-corrected chi connectivity index (χ1v) is 8.52. The van der Waals surface area contributed by atoms with Crippen molar-refractivity contribution in [3.05, 3.63) is 0 Å². The molecule has 0 aliphatic heterocycles. The van der Waals surface area contributed by atoms with Crippen molar-refractivity contribution in [2.24, 2.45) is 11.7 Å². The van der Waals surface area contributed by atoms with Crippen LogP contribution in [0.1, 0.15) is 84.5 Å². The molecule has 3 heteroatoms. The number of hydrogen-bond donors (Lipinski definition) is 1. The van der Waals surface area contributed by atoms with Crippen LogP contribution in [-0.2, 0) is 9.53 Å². The van der Waals surface area contributed by atoms with Crippen LogP contribution < -0.4 is 5.73 Å². The topological polar surface area (TPSA) is 52.3 Å². The van der Waals surface area contributed by atoms with Gasteiger partial charge in [0.2, 0.25) is 0 Å². The maximum absolute atomic E-state index is 11.3. The number of unbranched alkanes of at least 4 members (excludes halogenated alkanes) is 7. The van der Waals surface area contributed by atoms with Gasteiger partial charge in [0.05, 0.1) is 6.61 Å². The summed E-state index contributed by atoms with van der Waals surface area (Å²) in [5.41, 5.74) is 5.38. The Morgan fingerprint density at radius 3 is 2.10 bits per heavy atom. The number of nitrogens with two attached hydrogens (primary N) is 1. The van der Waals surface area contributed by atoms with Crippen molar-refractivity contribution < 1.29 is 9.53 Å². The third-order valence-electron chi connectivity index (χ3n) is 3.52. The number of carbonyl (C=O) groups excluding carboxylic acids is 1. The molecule has 0 saturated heterocycles. The van der Waals surface area contributed by atoms with Gasteiger partial charge in [-0.3, -0.25) is 4.79 Å². The fourth-order valence-electron chi connectivity index (χ4n) is 2.21. The molecule has 0 spiro atoms. The summed E-state index contributed by atoms with van der Waals surface area (Å²) in [5, 5.41) is 0. The number of hydrogen-bond acceptors (Lipinski definition) is 3. The van der Waals surface area contributed by atoms with E-state index >= 15 is 0 Å². The van der Waals surface area contributed by atoms with Crippen LogP contribution in [0.2, 0.25) is 0 Å². The average molecular weight is 285 g/mol. The van der Waals surface area contributed by atoms with Gasteiger partial charge in [-0.15, -0.1) is 0 Å². The third kappa shape index (κ3) is 15.5. The van der Waals surface area contributed by atoms with Crippen LogP contribution in [0.25, 0.3) is 0 Å². The quantitative estimate of drug-likeness (QED) is 0.379. The monoisotopic (exact) mass is 285 g/mol. The summed E-state index contributed by atoms with van der Waals surface area (Å²) in [4.78, 5) is 11.3. The van der Waals surface area contributed by atoms with Crippen molar-refractivity contribution in [2.75, 3.05) is 13.2 Å². The Bertz CT molecular complexity index is 217. The van der Waals surface area contributed by atoms with Gasteiger partial charge in [-0.2, -0.15) is 0 Å². The molecule has 0 aromatic carbocycles. The maximum atomic E-state index is 11.3. The molecule has 0 amide bonds. The van der Waals surface area contributed by atoms with E-state index in [0.29, 0.717) is 19.6 Å². The van der Waals surface area contributed by atoms with Crippen molar-refractivity contribution in [3.8, 4) is 0 Å². The molecule has 0 atom stereocenters. The minimum absolute atomic E-state index is 0.0628. The maximum Gasteiger partial charge on any atom is 0.305 e. The Kier molecular flexibility index (Phi) is 14.4. The van der Waals surface area contributed by atoms with Crippen LogP contribution in [0.4, 0.5) is 0 Å². The van der Waals surface area contributed by atoms with Crippen LogP contribution in [0.5, 0.6) is 0 Å². The third-order valence-corrected chi connectivity index (χ3v) is 3.52. The minimum Gasteiger partial charge on any atom is -0.466 e. The van der Waals surface area contributed by atoms with E-state index in [0.717, 1.165) is 25.2 Å². The molecule has 2 N–H and O–H groups in total. The SMILES string of the molecule is CC(C)CCCCCCCCCOC(=O)CCCCN. The molecular formula is C17H35NO2. The van der Waals surface area contributed by atoms with Crippen molar-refractivity contribution >= 4 is 5.97 Å². The second kappa shape index (κ2) is 14.8. The van der Waals surface area contributed by atoms with Crippen LogP contribution in [0, 0.1) is 5.92 Å². The number of carbonyl (C=O) groups is 1. The summed E-state index contributed by atoms with van der Waals surface area (Å²) in [5.74, 6) is 0.779. The summed E-state index contributed by atoms with van der Waals surface area (Å²) in [6.07, 6.45) is 12.5. The number of rotatable bonds is 14. The van der Waals surface area contributed by atoms with Crippen molar-refractivity contribution in [1.29, 1.82) is 0 Å². The lowest BCUT2D eigenvalue weighted by Gasteiger charge is -2.05. The first-order valence-electron chi connectivity index (χ1n) is 8.52. The molecule has 0 fully saturated rings. The van der Waals surface area contributed by atoms with Gasteiger partial charge in [0.15, 0.2) is 0 Å². The van der Waals surface area contributed by atoms with Crippen molar-refractivity contribution in [3.63, 3.8) is 0 Å².